The van der Waals surface area contributed by atoms with Crippen molar-refractivity contribution in [1.29, 1.82) is 0 Å². The largest absolute Gasteiger partial charge is 0.379 e. The second-order valence-electron chi connectivity index (χ2n) is 4.60. The number of rotatable bonds is 6. The maximum absolute atomic E-state index is 12.1. The molecule has 0 saturated heterocycles. The lowest BCUT2D eigenvalue weighted by molar-refractivity contribution is 0.486. The molecule has 0 spiro atoms. The van der Waals surface area contributed by atoms with Crippen molar-refractivity contribution in [1.82, 2.24) is 0 Å². The van der Waals surface area contributed by atoms with Crippen LogP contribution in [-0.4, -0.2) is 8.42 Å². The normalized spacial score (nSPS) is 11.2. The van der Waals surface area contributed by atoms with Crippen molar-refractivity contribution < 1.29 is 12.6 Å². The van der Waals surface area contributed by atoms with Crippen molar-refractivity contribution in [3.05, 3.63) is 60.2 Å². The Bertz CT molecular complexity index is 631. The third-order valence-electron chi connectivity index (χ3n) is 2.98. The molecule has 20 heavy (non-hydrogen) atoms. The molecule has 2 rings (SSSR count). The van der Waals surface area contributed by atoms with E-state index in [9.17, 15) is 8.42 Å². The summed E-state index contributed by atoms with van der Waals surface area (Å²) < 4.78 is 29.3. The first-order valence-corrected chi connectivity index (χ1v) is 8.11. The Kier molecular flexibility index (Phi) is 4.79. The highest BCUT2D eigenvalue weighted by atomic mass is 32.2. The molecule has 0 aliphatic heterocycles. The predicted octanol–water partition coefficient (Wildman–Crippen LogP) is 3.80. The summed E-state index contributed by atoms with van der Waals surface area (Å²) in [6.45, 7) is 2.13. The van der Waals surface area contributed by atoms with Crippen LogP contribution in [0.1, 0.15) is 25.3 Å². The van der Waals surface area contributed by atoms with Crippen molar-refractivity contribution in [2.24, 2.45) is 0 Å². The van der Waals surface area contributed by atoms with Gasteiger partial charge in [0.2, 0.25) is 0 Å². The van der Waals surface area contributed by atoms with Gasteiger partial charge in [0.25, 0.3) is 0 Å². The van der Waals surface area contributed by atoms with Gasteiger partial charge in [-0.25, -0.2) is 0 Å². The third-order valence-corrected chi connectivity index (χ3v) is 4.24. The van der Waals surface area contributed by atoms with Gasteiger partial charge in [0, 0.05) is 0 Å². The molecule has 0 aromatic heterocycles. The molecule has 0 N–H and O–H groups in total. The summed E-state index contributed by atoms with van der Waals surface area (Å²) in [7, 11) is -3.75. The minimum absolute atomic E-state index is 0.182. The molecular weight excluding hydrogens is 272 g/mol. The van der Waals surface area contributed by atoms with Gasteiger partial charge in [0.05, 0.1) is 0 Å². The predicted molar refractivity (Wildman–Crippen MR) is 79.3 cm³/mol. The van der Waals surface area contributed by atoms with Crippen LogP contribution in [0.5, 0.6) is 5.75 Å². The van der Waals surface area contributed by atoms with Crippen LogP contribution in [-0.2, 0) is 16.5 Å². The lowest BCUT2D eigenvalue weighted by Crippen LogP contribution is -2.09. The van der Waals surface area contributed by atoms with E-state index in [2.05, 4.69) is 6.92 Å². The van der Waals surface area contributed by atoms with E-state index in [0.29, 0.717) is 5.75 Å². The van der Waals surface area contributed by atoms with Gasteiger partial charge < -0.3 is 4.18 Å². The van der Waals surface area contributed by atoms with Gasteiger partial charge in [-0.1, -0.05) is 43.7 Å². The molecule has 106 valence electrons. The second-order valence-corrected chi connectivity index (χ2v) is 6.14. The summed E-state index contributed by atoms with van der Waals surface area (Å²) in [6.07, 6.45) is 3.19. The molecule has 0 heterocycles. The first-order chi connectivity index (χ1) is 9.62. The quantitative estimate of drug-likeness (QED) is 0.760. The molecule has 0 saturated carbocycles. The van der Waals surface area contributed by atoms with Crippen LogP contribution in [0.2, 0.25) is 0 Å². The highest BCUT2D eigenvalue weighted by Gasteiger charge is 2.16. The fraction of sp³-hybridized carbons (Fsp3) is 0.250. The Labute approximate surface area is 120 Å². The number of hydrogen-bond acceptors (Lipinski definition) is 3. The average molecular weight is 290 g/mol. The summed E-state index contributed by atoms with van der Waals surface area (Å²) >= 11 is 0. The number of benzene rings is 2. The zero-order chi connectivity index (χ0) is 14.4. The lowest BCUT2D eigenvalue weighted by atomic mass is 10.1. The van der Waals surface area contributed by atoms with Gasteiger partial charge in [0.1, 0.15) is 10.6 Å². The Hall–Kier alpha value is -1.81. The Morgan fingerprint density at radius 2 is 1.60 bits per heavy atom. The molecular formula is C16H18O3S. The highest BCUT2D eigenvalue weighted by Crippen LogP contribution is 2.19. The maximum Gasteiger partial charge on any atom is 0.339 e. The van der Waals surface area contributed by atoms with Gasteiger partial charge in [-0.3, -0.25) is 0 Å². The standard InChI is InChI=1S/C16H18O3S/c1-2-3-7-14-10-12-16(13-11-14)20(17,18)19-15-8-5-4-6-9-15/h4-6,8-13H,2-3,7H2,1H3. The topological polar surface area (TPSA) is 43.4 Å². The van der Waals surface area contributed by atoms with Crippen LogP contribution >= 0.6 is 0 Å². The van der Waals surface area contributed by atoms with Crippen molar-refractivity contribution in [3.8, 4) is 5.75 Å². The Morgan fingerprint density at radius 1 is 0.950 bits per heavy atom. The van der Waals surface area contributed by atoms with Crippen LogP contribution in [0.25, 0.3) is 0 Å². The molecule has 0 bridgehead atoms. The summed E-state index contributed by atoms with van der Waals surface area (Å²) in [4.78, 5) is 0.182. The zero-order valence-electron chi connectivity index (χ0n) is 11.5. The molecule has 0 radical (unpaired) electrons. The smallest absolute Gasteiger partial charge is 0.339 e. The highest BCUT2D eigenvalue weighted by molar-refractivity contribution is 7.87. The fourth-order valence-electron chi connectivity index (χ4n) is 1.85. The summed E-state index contributed by atoms with van der Waals surface area (Å²) in [6, 6.07) is 15.4. The van der Waals surface area contributed by atoms with E-state index < -0.39 is 10.1 Å². The molecule has 0 aliphatic carbocycles. The van der Waals surface area contributed by atoms with E-state index in [1.165, 1.54) is 0 Å². The minimum Gasteiger partial charge on any atom is -0.379 e. The van der Waals surface area contributed by atoms with Crippen molar-refractivity contribution >= 4 is 10.1 Å². The van der Waals surface area contributed by atoms with Gasteiger partial charge in [-0.15, -0.1) is 0 Å². The minimum atomic E-state index is -3.75. The number of para-hydroxylation sites is 1. The maximum atomic E-state index is 12.1. The van der Waals surface area contributed by atoms with Crippen LogP contribution in [0, 0.1) is 0 Å². The number of hydrogen-bond donors (Lipinski definition) is 0. The first kappa shape index (κ1) is 14.6. The van der Waals surface area contributed by atoms with E-state index in [-0.39, 0.29) is 4.90 Å². The first-order valence-electron chi connectivity index (χ1n) is 6.70. The monoisotopic (exact) mass is 290 g/mol. The molecule has 0 unspecified atom stereocenters. The molecule has 0 atom stereocenters. The summed E-state index contributed by atoms with van der Waals surface area (Å²) in [5, 5.41) is 0. The lowest BCUT2D eigenvalue weighted by Gasteiger charge is -2.07. The molecule has 0 aliphatic rings. The van der Waals surface area contributed by atoms with E-state index >= 15 is 0 Å². The van der Waals surface area contributed by atoms with Crippen molar-refractivity contribution in [3.63, 3.8) is 0 Å². The van der Waals surface area contributed by atoms with Gasteiger partial charge in [0.15, 0.2) is 0 Å². The molecule has 0 amide bonds. The fourth-order valence-corrected chi connectivity index (χ4v) is 2.78. The van der Waals surface area contributed by atoms with E-state index in [4.69, 9.17) is 4.18 Å². The summed E-state index contributed by atoms with van der Waals surface area (Å²) in [5.74, 6) is 0.322. The second kappa shape index (κ2) is 6.57. The molecule has 4 heteroatoms. The molecule has 2 aromatic carbocycles. The van der Waals surface area contributed by atoms with Gasteiger partial charge in [-0.05, 0) is 42.7 Å². The zero-order valence-corrected chi connectivity index (χ0v) is 12.3. The SMILES string of the molecule is CCCCc1ccc(S(=O)(=O)Oc2ccccc2)cc1. The van der Waals surface area contributed by atoms with Crippen LogP contribution < -0.4 is 4.18 Å². The average Bonchev–Trinajstić information content (AvgIpc) is 2.46. The summed E-state index contributed by atoms with van der Waals surface area (Å²) in [5.41, 5.74) is 1.14. The third kappa shape index (κ3) is 3.84. The van der Waals surface area contributed by atoms with Crippen molar-refractivity contribution in [2.45, 2.75) is 31.1 Å². The van der Waals surface area contributed by atoms with E-state index in [0.717, 1.165) is 24.8 Å². The Balaban J connectivity index is 2.13. The van der Waals surface area contributed by atoms with Gasteiger partial charge in [-0.2, -0.15) is 8.42 Å². The van der Waals surface area contributed by atoms with E-state index in [1.54, 1.807) is 36.4 Å². The molecule has 0 fully saturated rings. The molecule has 3 nitrogen and oxygen atoms in total. The van der Waals surface area contributed by atoms with Crippen molar-refractivity contribution in [2.75, 3.05) is 0 Å². The van der Waals surface area contributed by atoms with Gasteiger partial charge >= 0.3 is 10.1 Å². The Morgan fingerprint density at radius 3 is 2.20 bits per heavy atom. The molecule has 2 aromatic rings. The number of aryl methyl sites for hydroxylation is 1. The number of unbranched alkanes of at least 4 members (excludes halogenated alkanes) is 1. The van der Waals surface area contributed by atoms with E-state index in [1.807, 2.05) is 18.2 Å². The van der Waals surface area contributed by atoms with Crippen LogP contribution in [0.15, 0.2) is 59.5 Å². The van der Waals surface area contributed by atoms with Crippen LogP contribution in [0.3, 0.4) is 0 Å². The van der Waals surface area contributed by atoms with Crippen LogP contribution in [0.4, 0.5) is 0 Å².